The Bertz CT molecular complexity index is 959. The number of benzene rings is 2. The average molecular weight is 441 g/mol. The van der Waals surface area contributed by atoms with Crippen molar-refractivity contribution in [2.45, 2.75) is 19.8 Å². The van der Waals surface area contributed by atoms with Gasteiger partial charge in [-0.25, -0.2) is 4.79 Å². The van der Waals surface area contributed by atoms with E-state index in [-0.39, 0.29) is 31.3 Å². The first kappa shape index (κ1) is 24.4. The van der Waals surface area contributed by atoms with Crippen LogP contribution in [0.3, 0.4) is 0 Å². The van der Waals surface area contributed by atoms with Crippen LogP contribution >= 0.6 is 0 Å². The predicted octanol–water partition coefficient (Wildman–Crippen LogP) is 2.64. The molecule has 0 bridgehead atoms. The first-order valence-corrected chi connectivity index (χ1v) is 10.2. The fraction of sp³-hybridized carbons (Fsp3) is 0.304. The lowest BCUT2D eigenvalue weighted by atomic mass is 10.1. The van der Waals surface area contributed by atoms with Gasteiger partial charge in [-0.15, -0.1) is 0 Å². The molecule has 3 N–H and O–H groups in total. The van der Waals surface area contributed by atoms with Crippen LogP contribution in [0, 0.1) is 0 Å². The Kier molecular flexibility index (Phi) is 9.22. The Hall–Kier alpha value is -3.88. The molecular weight excluding hydrogens is 412 g/mol. The number of carbonyl (C=O) groups is 4. The number of ether oxygens (including phenoxy) is 1. The molecule has 4 amide bonds. The van der Waals surface area contributed by atoms with Crippen molar-refractivity contribution in [3.05, 3.63) is 59.7 Å². The van der Waals surface area contributed by atoms with Crippen molar-refractivity contribution in [3.63, 3.8) is 0 Å². The lowest BCUT2D eigenvalue weighted by Crippen LogP contribution is -2.37. The van der Waals surface area contributed by atoms with Crippen LogP contribution in [-0.2, 0) is 20.7 Å². The van der Waals surface area contributed by atoms with E-state index in [1.165, 1.54) is 19.1 Å². The summed E-state index contributed by atoms with van der Waals surface area (Å²) in [6.45, 7) is 2.05. The van der Waals surface area contributed by atoms with E-state index in [0.717, 1.165) is 17.7 Å². The molecule has 2 rings (SSSR count). The predicted molar refractivity (Wildman–Crippen MR) is 122 cm³/mol. The standard InChI is InChI=1S/C23H28N4O5/c1-4-16-7-5-6-8-19(16)26-20(28)15-27(2)23(31)25-18-11-9-17(10-12-18)22(30)24-14-13-21(29)32-3/h5-12H,4,13-15H2,1-3H3,(H,24,30)(H,25,31)(H,26,28). The molecule has 32 heavy (non-hydrogen) atoms. The largest absolute Gasteiger partial charge is 0.469 e. The quantitative estimate of drug-likeness (QED) is 0.518. The van der Waals surface area contributed by atoms with E-state index in [4.69, 9.17) is 0 Å². The monoisotopic (exact) mass is 440 g/mol. The number of urea groups is 1. The van der Waals surface area contributed by atoms with Crippen molar-refractivity contribution < 1.29 is 23.9 Å². The van der Waals surface area contributed by atoms with Crippen LogP contribution in [0.25, 0.3) is 0 Å². The molecule has 0 saturated heterocycles. The molecule has 0 aliphatic heterocycles. The van der Waals surface area contributed by atoms with Gasteiger partial charge in [-0.1, -0.05) is 25.1 Å². The molecule has 0 aliphatic carbocycles. The Labute approximate surface area is 187 Å². The molecular formula is C23H28N4O5. The zero-order chi connectivity index (χ0) is 23.5. The highest BCUT2D eigenvalue weighted by Gasteiger charge is 2.14. The molecule has 0 atom stereocenters. The van der Waals surface area contributed by atoms with Gasteiger partial charge in [0.05, 0.1) is 13.5 Å². The number of amides is 4. The average Bonchev–Trinajstić information content (AvgIpc) is 2.79. The number of hydrogen-bond donors (Lipinski definition) is 3. The minimum atomic E-state index is -0.459. The van der Waals surface area contributed by atoms with Crippen molar-refractivity contribution >= 4 is 35.2 Å². The topological polar surface area (TPSA) is 117 Å². The normalized spacial score (nSPS) is 10.1. The van der Waals surface area contributed by atoms with Gasteiger partial charge in [0.1, 0.15) is 6.54 Å². The second kappa shape index (κ2) is 12.1. The molecule has 2 aromatic rings. The highest BCUT2D eigenvalue weighted by molar-refractivity contribution is 5.98. The van der Waals surface area contributed by atoms with Crippen LogP contribution in [0.5, 0.6) is 0 Å². The number of anilines is 2. The minimum Gasteiger partial charge on any atom is -0.469 e. The van der Waals surface area contributed by atoms with Gasteiger partial charge in [0, 0.05) is 30.5 Å². The highest BCUT2D eigenvalue weighted by Crippen LogP contribution is 2.15. The van der Waals surface area contributed by atoms with Gasteiger partial charge in [-0.2, -0.15) is 0 Å². The van der Waals surface area contributed by atoms with E-state index in [9.17, 15) is 19.2 Å². The van der Waals surface area contributed by atoms with E-state index < -0.39 is 12.0 Å². The summed E-state index contributed by atoms with van der Waals surface area (Å²) in [5.74, 6) is -1.05. The molecule has 0 spiro atoms. The van der Waals surface area contributed by atoms with Gasteiger partial charge in [-0.3, -0.25) is 14.4 Å². The van der Waals surface area contributed by atoms with Crippen LogP contribution in [-0.4, -0.2) is 56.0 Å². The molecule has 9 heteroatoms. The second-order valence-corrected chi connectivity index (χ2v) is 7.00. The van der Waals surface area contributed by atoms with Crippen molar-refractivity contribution in [3.8, 4) is 0 Å². The molecule has 2 aromatic carbocycles. The highest BCUT2D eigenvalue weighted by atomic mass is 16.5. The zero-order valence-electron chi connectivity index (χ0n) is 18.4. The fourth-order valence-electron chi connectivity index (χ4n) is 2.83. The number of hydrogen-bond acceptors (Lipinski definition) is 5. The number of para-hydroxylation sites is 1. The Morgan fingerprint density at radius 3 is 2.31 bits per heavy atom. The zero-order valence-corrected chi connectivity index (χ0v) is 18.4. The maximum atomic E-state index is 12.4. The summed E-state index contributed by atoms with van der Waals surface area (Å²) in [5, 5.41) is 8.12. The molecule has 0 radical (unpaired) electrons. The Balaban J connectivity index is 1.84. The number of likely N-dealkylation sites (N-methyl/N-ethyl adjacent to an activating group) is 1. The molecule has 0 saturated carbocycles. The minimum absolute atomic E-state index is 0.0837. The SMILES string of the molecule is CCc1ccccc1NC(=O)CN(C)C(=O)Nc1ccc(C(=O)NCCC(=O)OC)cc1. The summed E-state index contributed by atoms with van der Waals surface area (Å²) >= 11 is 0. The summed E-state index contributed by atoms with van der Waals surface area (Å²) in [6, 6.07) is 13.3. The van der Waals surface area contributed by atoms with Gasteiger partial charge in [0.25, 0.3) is 5.91 Å². The van der Waals surface area contributed by atoms with Crippen molar-refractivity contribution in [1.82, 2.24) is 10.2 Å². The Morgan fingerprint density at radius 2 is 1.66 bits per heavy atom. The van der Waals surface area contributed by atoms with Crippen molar-refractivity contribution in [2.24, 2.45) is 0 Å². The van der Waals surface area contributed by atoms with E-state index in [1.807, 2.05) is 31.2 Å². The Morgan fingerprint density at radius 1 is 0.969 bits per heavy atom. The van der Waals surface area contributed by atoms with Crippen LogP contribution in [0.4, 0.5) is 16.2 Å². The smallest absolute Gasteiger partial charge is 0.322 e. The number of esters is 1. The summed E-state index contributed by atoms with van der Waals surface area (Å²) in [6.07, 6.45) is 0.867. The third-order valence-electron chi connectivity index (χ3n) is 4.64. The fourth-order valence-corrected chi connectivity index (χ4v) is 2.83. The lowest BCUT2D eigenvalue weighted by molar-refractivity contribution is -0.140. The molecule has 170 valence electrons. The van der Waals surface area contributed by atoms with E-state index in [2.05, 4.69) is 20.7 Å². The molecule has 0 unspecified atom stereocenters. The summed E-state index contributed by atoms with van der Waals surface area (Å²) in [4.78, 5) is 49.1. The summed E-state index contributed by atoms with van der Waals surface area (Å²) in [5.41, 5.74) is 2.61. The number of nitrogens with one attached hydrogen (secondary N) is 3. The van der Waals surface area contributed by atoms with Crippen LogP contribution in [0.1, 0.15) is 29.3 Å². The number of rotatable bonds is 9. The lowest BCUT2D eigenvalue weighted by Gasteiger charge is -2.18. The molecule has 9 nitrogen and oxygen atoms in total. The molecule has 0 fully saturated rings. The summed E-state index contributed by atoms with van der Waals surface area (Å²) in [7, 11) is 2.80. The maximum absolute atomic E-state index is 12.4. The number of aryl methyl sites for hydroxylation is 1. The maximum Gasteiger partial charge on any atom is 0.322 e. The first-order valence-electron chi connectivity index (χ1n) is 10.2. The van der Waals surface area contributed by atoms with E-state index >= 15 is 0 Å². The van der Waals surface area contributed by atoms with Gasteiger partial charge in [0.15, 0.2) is 0 Å². The van der Waals surface area contributed by atoms with Gasteiger partial charge in [0.2, 0.25) is 5.91 Å². The third-order valence-corrected chi connectivity index (χ3v) is 4.64. The van der Waals surface area contributed by atoms with Crippen LogP contribution < -0.4 is 16.0 Å². The van der Waals surface area contributed by atoms with Crippen LogP contribution in [0.15, 0.2) is 48.5 Å². The van der Waals surface area contributed by atoms with E-state index in [0.29, 0.717) is 11.3 Å². The van der Waals surface area contributed by atoms with Crippen molar-refractivity contribution in [1.29, 1.82) is 0 Å². The number of carbonyl (C=O) groups excluding carboxylic acids is 4. The number of methoxy groups -OCH3 is 1. The first-order chi connectivity index (χ1) is 15.3. The third kappa shape index (κ3) is 7.42. The molecule has 0 heterocycles. The van der Waals surface area contributed by atoms with Gasteiger partial charge < -0.3 is 25.6 Å². The summed E-state index contributed by atoms with van der Waals surface area (Å²) < 4.78 is 4.51. The molecule has 0 aliphatic rings. The molecule has 0 aromatic heterocycles. The van der Waals surface area contributed by atoms with E-state index in [1.54, 1.807) is 24.3 Å². The number of nitrogens with zero attached hydrogens (tertiary/aromatic N) is 1. The second-order valence-electron chi connectivity index (χ2n) is 7.00. The van der Waals surface area contributed by atoms with Crippen LogP contribution in [0.2, 0.25) is 0 Å². The van der Waals surface area contributed by atoms with Crippen molar-refractivity contribution in [2.75, 3.05) is 37.9 Å². The van der Waals surface area contributed by atoms with Gasteiger partial charge in [-0.05, 0) is 42.3 Å². The van der Waals surface area contributed by atoms with Gasteiger partial charge >= 0.3 is 12.0 Å².